The van der Waals surface area contributed by atoms with E-state index in [2.05, 4.69) is 9.71 Å². The van der Waals surface area contributed by atoms with E-state index in [1.54, 1.807) is 29.6 Å². The van der Waals surface area contributed by atoms with E-state index in [4.69, 9.17) is 10.8 Å². The molecule has 0 aliphatic carbocycles. The maximum Gasteiger partial charge on any atom is 0.304 e. The fourth-order valence-electron chi connectivity index (χ4n) is 1.51. The van der Waals surface area contributed by atoms with Gasteiger partial charge in [0.1, 0.15) is 0 Å². The first-order valence-corrected chi connectivity index (χ1v) is 8.43. The molecule has 9 heteroatoms. The standard InChI is InChI=1S/C12H13N3O4S2/c13-9-3-1-8(2-4-9)10-7-20-12(14-10)15-21(18,19)6-5-11(16)17/h1-4,7H,5-6,13H2,(H,14,15)(H,16,17). The molecule has 0 aliphatic rings. The lowest BCUT2D eigenvalue weighted by Crippen LogP contribution is -2.18. The number of carboxylic acid groups (broad SMARTS) is 1. The molecular weight excluding hydrogens is 314 g/mol. The van der Waals surface area contributed by atoms with Crippen LogP contribution in [0.5, 0.6) is 0 Å². The molecule has 0 radical (unpaired) electrons. The minimum absolute atomic E-state index is 0.201. The Morgan fingerprint density at radius 3 is 2.62 bits per heavy atom. The van der Waals surface area contributed by atoms with Gasteiger partial charge in [0, 0.05) is 16.6 Å². The van der Waals surface area contributed by atoms with E-state index < -0.39 is 28.2 Å². The predicted molar refractivity (Wildman–Crippen MR) is 81.6 cm³/mol. The number of rotatable bonds is 6. The Morgan fingerprint density at radius 1 is 1.33 bits per heavy atom. The summed E-state index contributed by atoms with van der Waals surface area (Å²) >= 11 is 1.13. The van der Waals surface area contributed by atoms with Gasteiger partial charge in [0.2, 0.25) is 10.0 Å². The topological polar surface area (TPSA) is 122 Å². The molecule has 0 amide bonds. The van der Waals surface area contributed by atoms with Crippen molar-refractivity contribution in [2.24, 2.45) is 0 Å². The molecule has 0 bridgehead atoms. The van der Waals surface area contributed by atoms with Crippen molar-refractivity contribution < 1.29 is 18.3 Å². The minimum atomic E-state index is -3.71. The third kappa shape index (κ3) is 4.43. The number of nitrogen functional groups attached to an aromatic ring is 1. The highest BCUT2D eigenvalue weighted by molar-refractivity contribution is 7.92. The van der Waals surface area contributed by atoms with Crippen molar-refractivity contribution in [3.8, 4) is 11.3 Å². The van der Waals surface area contributed by atoms with Crippen molar-refractivity contribution in [2.45, 2.75) is 6.42 Å². The summed E-state index contributed by atoms with van der Waals surface area (Å²) in [4.78, 5) is 14.6. The van der Waals surface area contributed by atoms with Gasteiger partial charge in [-0.15, -0.1) is 11.3 Å². The third-order valence-corrected chi connectivity index (χ3v) is 4.67. The average Bonchev–Trinajstić information content (AvgIpc) is 2.85. The minimum Gasteiger partial charge on any atom is -0.481 e. The van der Waals surface area contributed by atoms with Crippen LogP contribution in [0.15, 0.2) is 29.6 Å². The molecule has 0 fully saturated rings. The zero-order chi connectivity index (χ0) is 15.5. The molecule has 0 aliphatic heterocycles. The van der Waals surface area contributed by atoms with Gasteiger partial charge in [-0.3, -0.25) is 9.52 Å². The first-order valence-electron chi connectivity index (χ1n) is 5.89. The summed E-state index contributed by atoms with van der Waals surface area (Å²) in [6.45, 7) is 0. The van der Waals surface area contributed by atoms with Crippen LogP contribution in [0.4, 0.5) is 10.8 Å². The summed E-state index contributed by atoms with van der Waals surface area (Å²) < 4.78 is 25.6. The van der Waals surface area contributed by atoms with Gasteiger partial charge in [-0.1, -0.05) is 12.1 Å². The van der Waals surface area contributed by atoms with E-state index in [1.165, 1.54) is 0 Å². The first kappa shape index (κ1) is 15.3. The van der Waals surface area contributed by atoms with Crippen LogP contribution in [0, 0.1) is 0 Å². The average molecular weight is 327 g/mol. The number of benzene rings is 1. The lowest BCUT2D eigenvalue weighted by atomic mass is 10.2. The van der Waals surface area contributed by atoms with E-state index in [9.17, 15) is 13.2 Å². The maximum absolute atomic E-state index is 11.7. The summed E-state index contributed by atoms with van der Waals surface area (Å²) in [5.74, 6) is -1.65. The summed E-state index contributed by atoms with van der Waals surface area (Å²) in [6.07, 6.45) is -0.453. The van der Waals surface area contributed by atoms with E-state index in [0.29, 0.717) is 11.4 Å². The largest absolute Gasteiger partial charge is 0.481 e. The molecule has 1 aromatic carbocycles. The molecule has 0 spiro atoms. The van der Waals surface area contributed by atoms with Crippen molar-refractivity contribution in [3.63, 3.8) is 0 Å². The molecule has 0 unspecified atom stereocenters. The molecule has 4 N–H and O–H groups in total. The van der Waals surface area contributed by atoms with Gasteiger partial charge in [0.05, 0.1) is 17.9 Å². The van der Waals surface area contributed by atoms with Gasteiger partial charge in [-0.2, -0.15) is 0 Å². The van der Waals surface area contributed by atoms with Crippen LogP contribution in [0.2, 0.25) is 0 Å². The number of nitrogens with one attached hydrogen (secondary N) is 1. The summed E-state index contributed by atoms with van der Waals surface area (Å²) in [5.41, 5.74) is 7.66. The zero-order valence-electron chi connectivity index (χ0n) is 10.8. The van der Waals surface area contributed by atoms with E-state index >= 15 is 0 Å². The lowest BCUT2D eigenvalue weighted by Gasteiger charge is -2.02. The number of anilines is 2. The van der Waals surface area contributed by atoms with Gasteiger partial charge in [0.15, 0.2) is 5.13 Å². The maximum atomic E-state index is 11.7. The zero-order valence-corrected chi connectivity index (χ0v) is 12.4. The van der Waals surface area contributed by atoms with Crippen LogP contribution < -0.4 is 10.5 Å². The third-order valence-electron chi connectivity index (χ3n) is 2.54. The van der Waals surface area contributed by atoms with Crippen LogP contribution in [-0.2, 0) is 14.8 Å². The first-order chi connectivity index (χ1) is 9.85. The Morgan fingerprint density at radius 2 is 2.00 bits per heavy atom. The Kier molecular flexibility index (Phi) is 4.43. The molecule has 0 saturated heterocycles. The van der Waals surface area contributed by atoms with Gasteiger partial charge >= 0.3 is 5.97 Å². The fraction of sp³-hybridized carbons (Fsp3) is 0.167. The molecule has 21 heavy (non-hydrogen) atoms. The Bertz CT molecular complexity index is 738. The predicted octanol–water partition coefficient (Wildman–Crippen LogP) is 1.61. The molecule has 2 aromatic rings. The molecule has 0 atom stereocenters. The monoisotopic (exact) mass is 327 g/mol. The van der Waals surface area contributed by atoms with Gasteiger partial charge in [-0.05, 0) is 12.1 Å². The summed E-state index contributed by atoms with van der Waals surface area (Å²) in [5, 5.41) is 10.4. The number of hydrogen-bond acceptors (Lipinski definition) is 6. The van der Waals surface area contributed by atoms with Gasteiger partial charge in [0.25, 0.3) is 0 Å². The van der Waals surface area contributed by atoms with Crippen LogP contribution in [-0.4, -0.2) is 30.2 Å². The van der Waals surface area contributed by atoms with E-state index in [1.807, 2.05) is 0 Å². The normalized spacial score (nSPS) is 11.2. The van der Waals surface area contributed by atoms with Crippen molar-refractivity contribution >= 4 is 38.1 Å². The Balaban J connectivity index is 2.10. The molecule has 1 aromatic heterocycles. The molecule has 0 saturated carbocycles. The number of hydrogen-bond donors (Lipinski definition) is 3. The number of nitrogens with zero attached hydrogens (tertiary/aromatic N) is 1. The molecule has 7 nitrogen and oxygen atoms in total. The van der Waals surface area contributed by atoms with Crippen LogP contribution in [0.1, 0.15) is 6.42 Å². The fourth-order valence-corrected chi connectivity index (χ4v) is 3.51. The number of aliphatic carboxylic acids is 1. The highest BCUT2D eigenvalue weighted by atomic mass is 32.2. The second-order valence-corrected chi connectivity index (χ2v) is 6.92. The summed E-state index contributed by atoms with van der Waals surface area (Å²) in [7, 11) is -3.71. The second-order valence-electron chi connectivity index (χ2n) is 4.22. The molecule has 2 rings (SSSR count). The number of aromatic nitrogens is 1. The highest BCUT2D eigenvalue weighted by Crippen LogP contribution is 2.26. The summed E-state index contributed by atoms with van der Waals surface area (Å²) in [6, 6.07) is 7.02. The van der Waals surface area contributed by atoms with Crippen molar-refractivity contribution in [2.75, 3.05) is 16.2 Å². The number of nitrogens with two attached hydrogens (primary N) is 1. The highest BCUT2D eigenvalue weighted by Gasteiger charge is 2.15. The van der Waals surface area contributed by atoms with E-state index in [0.717, 1.165) is 16.9 Å². The number of carbonyl (C=O) groups is 1. The van der Waals surface area contributed by atoms with Gasteiger partial charge < -0.3 is 10.8 Å². The van der Waals surface area contributed by atoms with E-state index in [-0.39, 0.29) is 5.13 Å². The Hall–Kier alpha value is -2.13. The number of carboxylic acids is 1. The Labute approximate surface area is 125 Å². The molecule has 1 heterocycles. The lowest BCUT2D eigenvalue weighted by molar-refractivity contribution is -0.136. The SMILES string of the molecule is Nc1ccc(-c2csc(NS(=O)(=O)CCC(=O)O)n2)cc1. The number of thiazole rings is 1. The van der Waals surface area contributed by atoms with Crippen LogP contribution in [0.25, 0.3) is 11.3 Å². The molecular formula is C12H13N3O4S2. The van der Waals surface area contributed by atoms with Crippen LogP contribution >= 0.6 is 11.3 Å². The van der Waals surface area contributed by atoms with Crippen molar-refractivity contribution in [1.29, 1.82) is 0 Å². The van der Waals surface area contributed by atoms with Gasteiger partial charge in [-0.25, -0.2) is 13.4 Å². The van der Waals surface area contributed by atoms with Crippen molar-refractivity contribution in [1.82, 2.24) is 4.98 Å². The molecule has 112 valence electrons. The van der Waals surface area contributed by atoms with Crippen LogP contribution in [0.3, 0.4) is 0 Å². The smallest absolute Gasteiger partial charge is 0.304 e. The van der Waals surface area contributed by atoms with Crippen molar-refractivity contribution in [3.05, 3.63) is 29.6 Å². The second kappa shape index (κ2) is 6.10. The quantitative estimate of drug-likeness (QED) is 0.693. The number of sulfonamides is 1.